The van der Waals surface area contributed by atoms with Gasteiger partial charge in [-0.15, -0.1) is 0 Å². The Kier molecular flexibility index (Phi) is 2.17. The Balaban J connectivity index is 3.06. The minimum absolute atomic E-state index is 0.947. The maximum atomic E-state index is 5.15. The number of hydrogen-bond acceptors (Lipinski definition) is 0. The van der Waals surface area contributed by atoms with Gasteiger partial charge in [0.05, 0.1) is 0 Å². The standard InChI is InChI=1S/C8H5Te/c1-2-7-3-5-8(9)6-4-7/h1,3-6H. The number of terminal acetylenes is 1. The average molecular weight is 229 g/mol. The molecule has 0 N–H and O–H groups in total. The summed E-state index contributed by atoms with van der Waals surface area (Å²) in [6.45, 7) is 0. The molecule has 0 nitrogen and oxygen atoms in total. The van der Waals surface area contributed by atoms with E-state index in [4.69, 9.17) is 6.42 Å². The van der Waals surface area contributed by atoms with E-state index in [-0.39, 0.29) is 0 Å². The predicted molar refractivity (Wildman–Crippen MR) is 39.8 cm³/mol. The second kappa shape index (κ2) is 2.92. The average Bonchev–Trinajstić information content (AvgIpc) is 1.90. The summed E-state index contributed by atoms with van der Waals surface area (Å²) < 4.78 is 1.25. The van der Waals surface area contributed by atoms with Crippen LogP contribution in [0.25, 0.3) is 0 Å². The van der Waals surface area contributed by atoms with Gasteiger partial charge in [0.15, 0.2) is 0 Å². The topological polar surface area (TPSA) is 0 Å². The molecular weight excluding hydrogens is 224 g/mol. The van der Waals surface area contributed by atoms with E-state index >= 15 is 0 Å². The van der Waals surface area contributed by atoms with Gasteiger partial charge in [-0.05, 0) is 0 Å². The summed E-state index contributed by atoms with van der Waals surface area (Å²) in [5.41, 5.74) is 0.947. The molecule has 1 aromatic rings. The van der Waals surface area contributed by atoms with Gasteiger partial charge in [-0.1, -0.05) is 0 Å². The van der Waals surface area contributed by atoms with E-state index in [0.29, 0.717) is 0 Å². The minimum atomic E-state index is 0.947. The first-order chi connectivity index (χ1) is 4.33. The third kappa shape index (κ3) is 1.75. The van der Waals surface area contributed by atoms with Crippen LogP contribution in [0.5, 0.6) is 0 Å². The van der Waals surface area contributed by atoms with Crippen LogP contribution >= 0.6 is 0 Å². The fourth-order valence-corrected chi connectivity index (χ4v) is 0.940. The zero-order valence-corrected chi connectivity index (χ0v) is 7.13. The summed E-state index contributed by atoms with van der Waals surface area (Å²) in [4.78, 5) is 0. The zero-order valence-electron chi connectivity index (χ0n) is 4.79. The molecule has 0 fully saturated rings. The molecule has 1 aromatic carbocycles. The second-order valence-electron chi connectivity index (χ2n) is 1.67. The zero-order chi connectivity index (χ0) is 6.69. The summed E-state index contributed by atoms with van der Waals surface area (Å²) in [5.74, 6) is 2.56. The van der Waals surface area contributed by atoms with Crippen molar-refractivity contribution >= 4 is 25.9 Å². The summed E-state index contributed by atoms with van der Waals surface area (Å²) in [5, 5.41) is 0. The number of hydrogen-bond donors (Lipinski definition) is 0. The van der Waals surface area contributed by atoms with Gasteiger partial charge in [-0.25, -0.2) is 0 Å². The van der Waals surface area contributed by atoms with Gasteiger partial charge in [0.2, 0.25) is 0 Å². The maximum absolute atomic E-state index is 5.15. The Morgan fingerprint density at radius 2 is 1.78 bits per heavy atom. The van der Waals surface area contributed by atoms with Crippen LogP contribution in [0.3, 0.4) is 0 Å². The third-order valence-electron chi connectivity index (χ3n) is 1.02. The van der Waals surface area contributed by atoms with Crippen molar-refractivity contribution in [1.82, 2.24) is 0 Å². The van der Waals surface area contributed by atoms with Crippen molar-refractivity contribution in [3.8, 4) is 12.3 Å². The van der Waals surface area contributed by atoms with Crippen LogP contribution in [-0.4, -0.2) is 22.3 Å². The molecule has 0 saturated carbocycles. The van der Waals surface area contributed by atoms with E-state index in [1.807, 2.05) is 46.6 Å². The Morgan fingerprint density at radius 1 is 1.22 bits per heavy atom. The van der Waals surface area contributed by atoms with Crippen molar-refractivity contribution in [3.05, 3.63) is 29.8 Å². The molecule has 1 heteroatoms. The van der Waals surface area contributed by atoms with E-state index in [9.17, 15) is 0 Å². The molecule has 0 bridgehead atoms. The fraction of sp³-hybridized carbons (Fsp3) is 0. The van der Waals surface area contributed by atoms with E-state index < -0.39 is 0 Å². The van der Waals surface area contributed by atoms with Crippen molar-refractivity contribution < 1.29 is 0 Å². The third-order valence-corrected chi connectivity index (χ3v) is 1.80. The summed E-state index contributed by atoms with van der Waals surface area (Å²) >= 11 is 1.97. The summed E-state index contributed by atoms with van der Waals surface area (Å²) in [6.07, 6.45) is 5.15. The van der Waals surface area contributed by atoms with E-state index in [2.05, 4.69) is 5.92 Å². The van der Waals surface area contributed by atoms with E-state index in [1.54, 1.807) is 0 Å². The monoisotopic (exact) mass is 231 g/mol. The van der Waals surface area contributed by atoms with Crippen LogP contribution in [0.2, 0.25) is 0 Å². The molecule has 0 spiro atoms. The van der Waals surface area contributed by atoms with Crippen LogP contribution < -0.4 is 3.61 Å². The predicted octanol–water partition coefficient (Wildman–Crippen LogP) is 0.462. The molecule has 0 saturated heterocycles. The fourth-order valence-electron chi connectivity index (χ4n) is 0.551. The number of rotatable bonds is 0. The molecule has 0 unspecified atom stereocenters. The molecule has 0 amide bonds. The molecule has 1 radical (unpaired) electrons. The summed E-state index contributed by atoms with van der Waals surface area (Å²) in [6, 6.07) is 7.91. The second-order valence-corrected chi connectivity index (χ2v) is 3.01. The molecule has 9 heavy (non-hydrogen) atoms. The van der Waals surface area contributed by atoms with Gasteiger partial charge in [0.1, 0.15) is 0 Å². The van der Waals surface area contributed by atoms with Gasteiger partial charge in [-0.2, -0.15) is 0 Å². The molecule has 0 aliphatic rings. The van der Waals surface area contributed by atoms with Crippen molar-refractivity contribution in [2.75, 3.05) is 0 Å². The van der Waals surface area contributed by atoms with Crippen molar-refractivity contribution in [1.29, 1.82) is 0 Å². The van der Waals surface area contributed by atoms with Gasteiger partial charge in [0, 0.05) is 0 Å². The Morgan fingerprint density at radius 3 is 2.22 bits per heavy atom. The van der Waals surface area contributed by atoms with Crippen LogP contribution in [0.4, 0.5) is 0 Å². The first kappa shape index (κ1) is 6.69. The van der Waals surface area contributed by atoms with Crippen LogP contribution in [0.15, 0.2) is 24.3 Å². The van der Waals surface area contributed by atoms with Gasteiger partial charge >= 0.3 is 68.1 Å². The molecule has 0 aliphatic heterocycles. The van der Waals surface area contributed by atoms with E-state index in [1.165, 1.54) is 3.61 Å². The van der Waals surface area contributed by atoms with Crippen molar-refractivity contribution in [3.63, 3.8) is 0 Å². The Labute approximate surface area is 68.2 Å². The molecular formula is C8H5Te. The van der Waals surface area contributed by atoms with Crippen molar-refractivity contribution in [2.45, 2.75) is 0 Å². The molecule has 0 atom stereocenters. The van der Waals surface area contributed by atoms with Crippen molar-refractivity contribution in [2.24, 2.45) is 0 Å². The molecule has 0 aromatic heterocycles. The number of benzene rings is 1. The van der Waals surface area contributed by atoms with Crippen LogP contribution in [-0.2, 0) is 0 Å². The van der Waals surface area contributed by atoms with Gasteiger partial charge < -0.3 is 0 Å². The van der Waals surface area contributed by atoms with Crippen LogP contribution in [0, 0.1) is 12.3 Å². The quantitative estimate of drug-likeness (QED) is 0.447. The normalized spacial score (nSPS) is 8.33. The first-order valence-electron chi connectivity index (χ1n) is 2.56. The summed E-state index contributed by atoms with van der Waals surface area (Å²) in [7, 11) is 0. The Hall–Kier alpha value is -0.430. The van der Waals surface area contributed by atoms with Gasteiger partial charge in [-0.3, -0.25) is 0 Å². The van der Waals surface area contributed by atoms with E-state index in [0.717, 1.165) is 5.56 Å². The first-order valence-corrected chi connectivity index (χ1v) is 3.73. The SMILES string of the molecule is C#Cc1ccc([Te])cc1. The Bertz CT molecular complexity index is 228. The molecule has 1 rings (SSSR count). The molecule has 43 valence electrons. The molecule has 0 aliphatic carbocycles. The van der Waals surface area contributed by atoms with Gasteiger partial charge in [0.25, 0.3) is 0 Å². The van der Waals surface area contributed by atoms with Crippen LogP contribution in [0.1, 0.15) is 5.56 Å². The molecule has 0 heterocycles.